The summed E-state index contributed by atoms with van der Waals surface area (Å²) >= 11 is 3.38. The van der Waals surface area contributed by atoms with Gasteiger partial charge in [-0.15, -0.1) is 0 Å². The van der Waals surface area contributed by atoms with Gasteiger partial charge in [-0.25, -0.2) is 0 Å². The summed E-state index contributed by atoms with van der Waals surface area (Å²) in [7, 11) is 0. The first-order valence-electron chi connectivity index (χ1n) is 5.50. The molecule has 0 fully saturated rings. The first kappa shape index (κ1) is 12.4. The van der Waals surface area contributed by atoms with Crippen molar-refractivity contribution in [2.75, 3.05) is 0 Å². The molecule has 0 aliphatic carbocycles. The summed E-state index contributed by atoms with van der Waals surface area (Å²) < 4.78 is 6.14. The van der Waals surface area contributed by atoms with Gasteiger partial charge >= 0.3 is 0 Å². The fourth-order valence-electron chi connectivity index (χ4n) is 1.85. The molecule has 1 aromatic heterocycles. The normalized spacial score (nSPS) is 13.6. The summed E-state index contributed by atoms with van der Waals surface area (Å²) in [5.41, 5.74) is 0.678. The fraction of sp³-hybridized carbons (Fsp3) is 0.286. The van der Waals surface area contributed by atoms with Crippen LogP contribution >= 0.6 is 15.9 Å². The molecular weight excluding hydrogens is 280 g/mol. The van der Waals surface area contributed by atoms with E-state index >= 15 is 0 Å². The smallest absolute Gasteiger partial charge is 0.147 e. The number of hydrogen-bond donors (Lipinski definition) is 1. The molecule has 0 saturated carbocycles. The van der Waals surface area contributed by atoms with Crippen molar-refractivity contribution >= 4 is 15.9 Å². The number of benzene rings is 1. The van der Waals surface area contributed by atoms with Gasteiger partial charge in [-0.2, -0.15) is 0 Å². The lowest BCUT2D eigenvalue weighted by Crippen LogP contribution is -2.26. The minimum atomic E-state index is -0.686. The summed E-state index contributed by atoms with van der Waals surface area (Å²) in [5, 5.41) is 10.4. The zero-order valence-electron chi connectivity index (χ0n) is 9.85. The molecule has 2 nitrogen and oxygen atoms in total. The molecule has 1 atom stereocenters. The second-order valence-electron chi connectivity index (χ2n) is 4.62. The standard InChI is InChI=1S/C14H15BrO2/c1-14(2,10-6-4-3-5-7-10)13(16)12-11(15)8-9-17-12/h3-9,13,16H,1-2H3. The maximum Gasteiger partial charge on any atom is 0.147 e. The predicted octanol–water partition coefficient (Wildman–Crippen LogP) is 4.05. The third kappa shape index (κ3) is 2.31. The summed E-state index contributed by atoms with van der Waals surface area (Å²) in [5.74, 6) is 0.568. The number of hydrogen-bond acceptors (Lipinski definition) is 2. The molecule has 1 unspecified atom stereocenters. The molecular formula is C14H15BrO2. The summed E-state index contributed by atoms with van der Waals surface area (Å²) in [6, 6.07) is 11.7. The van der Waals surface area contributed by atoms with E-state index in [-0.39, 0.29) is 0 Å². The highest BCUT2D eigenvalue weighted by Gasteiger charge is 2.34. The van der Waals surface area contributed by atoms with Crippen LogP contribution in [0.3, 0.4) is 0 Å². The zero-order chi connectivity index (χ0) is 12.5. The van der Waals surface area contributed by atoms with Crippen LogP contribution in [0.1, 0.15) is 31.3 Å². The zero-order valence-corrected chi connectivity index (χ0v) is 11.4. The van der Waals surface area contributed by atoms with E-state index in [0.29, 0.717) is 5.76 Å². The van der Waals surface area contributed by atoms with Crippen molar-refractivity contribution in [2.24, 2.45) is 0 Å². The van der Waals surface area contributed by atoms with Crippen molar-refractivity contribution in [1.29, 1.82) is 0 Å². The van der Waals surface area contributed by atoms with E-state index in [2.05, 4.69) is 15.9 Å². The van der Waals surface area contributed by atoms with E-state index in [9.17, 15) is 5.11 Å². The van der Waals surface area contributed by atoms with Gasteiger partial charge in [-0.3, -0.25) is 0 Å². The Morgan fingerprint density at radius 1 is 1.18 bits per heavy atom. The second kappa shape index (κ2) is 4.67. The summed E-state index contributed by atoms with van der Waals surface area (Å²) in [6.07, 6.45) is 0.887. The average molecular weight is 295 g/mol. The Labute approximate surface area is 109 Å². The van der Waals surface area contributed by atoms with Crippen LogP contribution in [0.15, 0.2) is 51.6 Å². The van der Waals surface area contributed by atoms with Gasteiger partial charge in [-0.05, 0) is 27.6 Å². The first-order chi connectivity index (χ1) is 8.03. The Morgan fingerprint density at radius 2 is 1.82 bits per heavy atom. The quantitative estimate of drug-likeness (QED) is 0.926. The molecule has 0 aliphatic heterocycles. The van der Waals surface area contributed by atoms with E-state index < -0.39 is 11.5 Å². The van der Waals surface area contributed by atoms with Crippen LogP contribution in [0.25, 0.3) is 0 Å². The van der Waals surface area contributed by atoms with E-state index in [1.165, 1.54) is 0 Å². The Bertz CT molecular complexity index is 488. The largest absolute Gasteiger partial charge is 0.465 e. The summed E-state index contributed by atoms with van der Waals surface area (Å²) in [6.45, 7) is 4.00. The van der Waals surface area contributed by atoms with Gasteiger partial charge in [0.2, 0.25) is 0 Å². The SMILES string of the molecule is CC(C)(c1ccccc1)C(O)c1occc1Br. The van der Waals surface area contributed by atoms with E-state index in [1.54, 1.807) is 12.3 Å². The monoisotopic (exact) mass is 294 g/mol. The highest BCUT2D eigenvalue weighted by atomic mass is 79.9. The Kier molecular flexibility index (Phi) is 3.40. The lowest BCUT2D eigenvalue weighted by molar-refractivity contribution is 0.0775. The topological polar surface area (TPSA) is 33.4 Å². The van der Waals surface area contributed by atoms with Crippen molar-refractivity contribution in [2.45, 2.75) is 25.4 Å². The molecule has 0 saturated heterocycles. The molecule has 90 valence electrons. The van der Waals surface area contributed by atoms with Crippen LogP contribution in [-0.2, 0) is 5.41 Å². The second-order valence-corrected chi connectivity index (χ2v) is 5.48. The van der Waals surface area contributed by atoms with Crippen LogP contribution in [0.2, 0.25) is 0 Å². The lowest BCUT2D eigenvalue weighted by atomic mass is 9.78. The Hall–Kier alpha value is -1.06. The van der Waals surface area contributed by atoms with Crippen LogP contribution in [0.5, 0.6) is 0 Å². The minimum absolute atomic E-state index is 0.401. The average Bonchev–Trinajstić information content (AvgIpc) is 2.75. The molecule has 0 radical (unpaired) electrons. The lowest BCUT2D eigenvalue weighted by Gasteiger charge is -2.30. The minimum Gasteiger partial charge on any atom is -0.465 e. The van der Waals surface area contributed by atoms with Crippen molar-refractivity contribution in [3.63, 3.8) is 0 Å². The van der Waals surface area contributed by atoms with Gasteiger partial charge in [0.05, 0.1) is 10.7 Å². The molecule has 2 aromatic rings. The Balaban J connectivity index is 2.37. The highest BCUT2D eigenvalue weighted by molar-refractivity contribution is 9.10. The van der Waals surface area contributed by atoms with Crippen LogP contribution in [-0.4, -0.2) is 5.11 Å². The van der Waals surface area contributed by atoms with Crippen LogP contribution in [0.4, 0.5) is 0 Å². The number of rotatable bonds is 3. The number of halogens is 1. The Morgan fingerprint density at radius 3 is 2.35 bits per heavy atom. The van der Waals surface area contributed by atoms with Crippen LogP contribution in [0, 0.1) is 0 Å². The molecule has 0 aliphatic rings. The van der Waals surface area contributed by atoms with E-state index in [0.717, 1.165) is 10.0 Å². The highest BCUT2D eigenvalue weighted by Crippen LogP contribution is 2.39. The molecule has 0 bridgehead atoms. The molecule has 0 amide bonds. The van der Waals surface area contributed by atoms with Gasteiger partial charge < -0.3 is 9.52 Å². The van der Waals surface area contributed by atoms with Gasteiger partial charge in [0, 0.05) is 5.41 Å². The molecule has 2 rings (SSSR count). The maximum atomic E-state index is 10.4. The third-order valence-electron chi connectivity index (χ3n) is 3.09. The molecule has 17 heavy (non-hydrogen) atoms. The number of aliphatic hydroxyl groups excluding tert-OH is 1. The third-order valence-corrected chi connectivity index (χ3v) is 3.75. The fourth-order valence-corrected chi connectivity index (χ4v) is 2.27. The van der Waals surface area contributed by atoms with Crippen molar-refractivity contribution in [3.8, 4) is 0 Å². The van der Waals surface area contributed by atoms with Crippen molar-refractivity contribution in [1.82, 2.24) is 0 Å². The van der Waals surface area contributed by atoms with Crippen molar-refractivity contribution in [3.05, 3.63) is 58.5 Å². The van der Waals surface area contributed by atoms with Gasteiger partial charge in [0.15, 0.2) is 0 Å². The van der Waals surface area contributed by atoms with Gasteiger partial charge in [0.25, 0.3) is 0 Å². The van der Waals surface area contributed by atoms with Gasteiger partial charge in [0.1, 0.15) is 11.9 Å². The molecule has 1 N–H and O–H groups in total. The molecule has 1 aromatic carbocycles. The van der Waals surface area contributed by atoms with Crippen LogP contribution < -0.4 is 0 Å². The van der Waals surface area contributed by atoms with E-state index in [4.69, 9.17) is 4.42 Å². The molecule has 1 heterocycles. The number of furan rings is 1. The number of aliphatic hydroxyl groups is 1. The molecule has 3 heteroatoms. The molecule has 0 spiro atoms. The maximum absolute atomic E-state index is 10.4. The predicted molar refractivity (Wildman–Crippen MR) is 70.8 cm³/mol. The first-order valence-corrected chi connectivity index (χ1v) is 6.29. The van der Waals surface area contributed by atoms with Gasteiger partial charge in [-0.1, -0.05) is 44.2 Å². The van der Waals surface area contributed by atoms with Crippen molar-refractivity contribution < 1.29 is 9.52 Å². The van der Waals surface area contributed by atoms with E-state index in [1.807, 2.05) is 44.2 Å². The summed E-state index contributed by atoms with van der Waals surface area (Å²) in [4.78, 5) is 0.